The first kappa shape index (κ1) is 18.2. The third-order valence-corrected chi connectivity index (χ3v) is 4.27. The molecular formula is C16H17F4N5O. The van der Waals surface area contributed by atoms with Gasteiger partial charge in [-0.1, -0.05) is 0 Å². The number of halogens is 4. The topological polar surface area (TPSA) is 63.1 Å². The predicted molar refractivity (Wildman–Crippen MR) is 84.9 cm³/mol. The number of carbonyl (C=O) groups is 1. The first-order valence-electron chi connectivity index (χ1n) is 7.99. The Morgan fingerprint density at radius 2 is 2.23 bits per heavy atom. The summed E-state index contributed by atoms with van der Waals surface area (Å²) >= 11 is 0. The highest BCUT2D eigenvalue weighted by atomic mass is 19.4. The zero-order chi connectivity index (χ0) is 18.9. The number of aryl methyl sites for hydroxylation is 1. The van der Waals surface area contributed by atoms with Crippen LogP contribution in [0.2, 0.25) is 0 Å². The van der Waals surface area contributed by atoms with E-state index in [0.29, 0.717) is 31.8 Å². The van der Waals surface area contributed by atoms with E-state index in [1.54, 1.807) is 7.05 Å². The molecule has 0 unspecified atom stereocenters. The maximum absolute atomic E-state index is 13.5. The zero-order valence-corrected chi connectivity index (χ0v) is 13.9. The summed E-state index contributed by atoms with van der Waals surface area (Å²) in [6.07, 6.45) is -0.0715. The molecule has 3 rings (SSSR count). The first-order valence-corrected chi connectivity index (χ1v) is 7.99. The lowest BCUT2D eigenvalue weighted by Crippen LogP contribution is -2.38. The van der Waals surface area contributed by atoms with Crippen LogP contribution in [0.15, 0.2) is 24.7 Å². The molecular weight excluding hydrogens is 354 g/mol. The van der Waals surface area contributed by atoms with Crippen LogP contribution in [-0.2, 0) is 19.1 Å². The highest BCUT2D eigenvalue weighted by Crippen LogP contribution is 2.30. The van der Waals surface area contributed by atoms with Crippen LogP contribution < -0.4 is 5.32 Å². The highest BCUT2D eigenvalue weighted by Gasteiger charge is 2.36. The summed E-state index contributed by atoms with van der Waals surface area (Å²) in [6, 6.07) is 0.848. The molecule has 2 aromatic heterocycles. The quantitative estimate of drug-likeness (QED) is 0.843. The van der Waals surface area contributed by atoms with E-state index >= 15 is 0 Å². The Morgan fingerprint density at radius 1 is 1.46 bits per heavy atom. The number of amides is 2. The number of fused-ring (bicyclic) bond motifs is 1. The third kappa shape index (κ3) is 3.94. The molecule has 0 spiro atoms. The Bertz CT molecular complexity index is 804. The van der Waals surface area contributed by atoms with Gasteiger partial charge >= 0.3 is 12.2 Å². The molecule has 1 aliphatic rings. The lowest BCUT2D eigenvalue weighted by molar-refractivity contribution is -0.141. The van der Waals surface area contributed by atoms with Crippen molar-refractivity contribution in [2.24, 2.45) is 5.92 Å². The van der Waals surface area contributed by atoms with Crippen molar-refractivity contribution in [1.29, 1.82) is 0 Å². The predicted octanol–water partition coefficient (Wildman–Crippen LogP) is 3.16. The molecule has 10 heteroatoms. The molecule has 0 saturated heterocycles. The molecule has 6 nitrogen and oxygen atoms in total. The molecule has 0 radical (unpaired) electrons. The molecule has 0 bridgehead atoms. The molecule has 0 saturated carbocycles. The molecule has 0 aromatic carbocycles. The maximum Gasteiger partial charge on any atom is 0.434 e. The smallest absolute Gasteiger partial charge is 0.334 e. The fraction of sp³-hybridized carbons (Fsp3) is 0.438. The molecule has 1 aliphatic heterocycles. The second-order valence-corrected chi connectivity index (χ2v) is 6.26. The van der Waals surface area contributed by atoms with Gasteiger partial charge in [-0.15, -0.1) is 0 Å². The Kier molecular flexibility index (Phi) is 4.84. The van der Waals surface area contributed by atoms with Crippen molar-refractivity contribution >= 4 is 11.7 Å². The van der Waals surface area contributed by atoms with Gasteiger partial charge in [0.15, 0.2) is 11.5 Å². The average molecular weight is 371 g/mol. The molecule has 0 aliphatic carbocycles. The van der Waals surface area contributed by atoms with Crippen molar-refractivity contribution in [3.8, 4) is 0 Å². The average Bonchev–Trinajstić information content (AvgIpc) is 3.00. The molecule has 1 N–H and O–H groups in total. The minimum absolute atomic E-state index is 0.0178. The summed E-state index contributed by atoms with van der Waals surface area (Å²) in [6.45, 7) is 0.678. The molecule has 2 amide bonds. The lowest BCUT2D eigenvalue weighted by Gasteiger charge is -2.28. The molecule has 0 fully saturated rings. The normalized spacial score (nSPS) is 16.9. The summed E-state index contributed by atoms with van der Waals surface area (Å²) in [7, 11) is 1.55. The van der Waals surface area contributed by atoms with Gasteiger partial charge in [-0.2, -0.15) is 13.2 Å². The van der Waals surface area contributed by atoms with Gasteiger partial charge in [-0.3, -0.25) is 4.98 Å². The van der Waals surface area contributed by atoms with Gasteiger partial charge in [0.1, 0.15) is 5.82 Å². The Hall–Kier alpha value is -2.65. The molecule has 140 valence electrons. The van der Waals surface area contributed by atoms with Crippen LogP contribution >= 0.6 is 0 Å². The highest BCUT2D eigenvalue weighted by molar-refractivity contribution is 5.89. The van der Waals surface area contributed by atoms with Crippen LogP contribution in [0.5, 0.6) is 0 Å². The number of nitrogens with zero attached hydrogens (tertiary/aromatic N) is 4. The van der Waals surface area contributed by atoms with Gasteiger partial charge in [0.25, 0.3) is 0 Å². The fourth-order valence-electron chi connectivity index (χ4n) is 2.96. The van der Waals surface area contributed by atoms with E-state index in [2.05, 4.69) is 15.3 Å². The van der Waals surface area contributed by atoms with Gasteiger partial charge < -0.3 is 14.8 Å². The number of nitrogens with one attached hydrogen (secondary N) is 1. The van der Waals surface area contributed by atoms with Crippen molar-refractivity contribution in [3.63, 3.8) is 0 Å². The van der Waals surface area contributed by atoms with E-state index in [1.807, 2.05) is 0 Å². The number of imidazole rings is 1. The Morgan fingerprint density at radius 3 is 2.92 bits per heavy atom. The van der Waals surface area contributed by atoms with E-state index in [4.69, 9.17) is 0 Å². The summed E-state index contributed by atoms with van der Waals surface area (Å²) < 4.78 is 53.3. The van der Waals surface area contributed by atoms with E-state index < -0.39 is 23.7 Å². The SMILES string of the molecule is CN(C[C@@H]1CCc2nc(C(F)(F)F)cn2C1)C(=O)Nc1ccncc1F. The molecule has 3 heterocycles. The summed E-state index contributed by atoms with van der Waals surface area (Å²) in [5, 5.41) is 2.45. The van der Waals surface area contributed by atoms with Crippen LogP contribution in [0.25, 0.3) is 0 Å². The number of hydrogen-bond acceptors (Lipinski definition) is 3. The van der Waals surface area contributed by atoms with Gasteiger partial charge in [0.05, 0.1) is 11.9 Å². The van der Waals surface area contributed by atoms with E-state index in [-0.39, 0.29) is 11.6 Å². The number of aromatic nitrogens is 3. The monoisotopic (exact) mass is 371 g/mol. The second kappa shape index (κ2) is 6.93. The lowest BCUT2D eigenvalue weighted by atomic mass is 9.99. The Labute approximate surface area is 146 Å². The largest absolute Gasteiger partial charge is 0.434 e. The van der Waals surface area contributed by atoms with Crippen molar-refractivity contribution in [3.05, 3.63) is 42.0 Å². The van der Waals surface area contributed by atoms with E-state index in [1.165, 1.54) is 21.7 Å². The third-order valence-electron chi connectivity index (χ3n) is 4.27. The van der Waals surface area contributed by atoms with Crippen LogP contribution in [-0.4, -0.2) is 39.1 Å². The minimum atomic E-state index is -4.47. The van der Waals surface area contributed by atoms with Crippen LogP contribution in [0, 0.1) is 11.7 Å². The fourth-order valence-corrected chi connectivity index (χ4v) is 2.96. The summed E-state index contributed by atoms with van der Waals surface area (Å²) in [4.78, 5) is 20.8. The van der Waals surface area contributed by atoms with Gasteiger partial charge in [0.2, 0.25) is 0 Å². The van der Waals surface area contributed by atoms with Gasteiger partial charge in [-0.05, 0) is 18.4 Å². The van der Waals surface area contributed by atoms with Crippen molar-refractivity contribution in [1.82, 2.24) is 19.4 Å². The van der Waals surface area contributed by atoms with Crippen molar-refractivity contribution < 1.29 is 22.4 Å². The minimum Gasteiger partial charge on any atom is -0.334 e. The number of urea groups is 1. The standard InChI is InChI=1S/C16H17F4N5O/c1-24(15(26)22-12-4-5-21-6-11(12)17)7-10-2-3-14-23-13(16(18,19)20)9-25(14)8-10/h4-6,9-10H,2-3,7-8H2,1H3,(H,21,22,26)/t10-/m0/s1. The number of carbonyl (C=O) groups excluding carboxylic acids is 1. The number of hydrogen-bond donors (Lipinski definition) is 1. The van der Waals surface area contributed by atoms with Crippen LogP contribution in [0.1, 0.15) is 17.9 Å². The van der Waals surface area contributed by atoms with Crippen LogP contribution in [0.4, 0.5) is 28.0 Å². The maximum atomic E-state index is 13.5. The van der Waals surface area contributed by atoms with E-state index in [0.717, 1.165) is 12.4 Å². The number of anilines is 1. The molecule has 1 atom stereocenters. The number of alkyl halides is 3. The number of rotatable bonds is 3. The first-order chi connectivity index (χ1) is 12.2. The van der Waals surface area contributed by atoms with Crippen molar-refractivity contribution in [2.75, 3.05) is 18.9 Å². The van der Waals surface area contributed by atoms with Crippen LogP contribution in [0.3, 0.4) is 0 Å². The molecule has 2 aromatic rings. The summed E-state index contributed by atoms with van der Waals surface area (Å²) in [5.41, 5.74) is -0.875. The summed E-state index contributed by atoms with van der Waals surface area (Å²) in [5.74, 6) is -0.259. The second-order valence-electron chi connectivity index (χ2n) is 6.26. The van der Waals surface area contributed by atoms with Gasteiger partial charge in [-0.25, -0.2) is 14.2 Å². The van der Waals surface area contributed by atoms with Gasteiger partial charge in [0, 0.05) is 39.0 Å². The van der Waals surface area contributed by atoms with E-state index in [9.17, 15) is 22.4 Å². The Balaban J connectivity index is 1.60. The zero-order valence-electron chi connectivity index (χ0n) is 13.9. The number of pyridine rings is 1. The molecule has 26 heavy (non-hydrogen) atoms. The van der Waals surface area contributed by atoms with Crippen molar-refractivity contribution in [2.45, 2.75) is 25.6 Å².